The van der Waals surface area contributed by atoms with Crippen LogP contribution in [0.15, 0.2) is 53.1 Å². The standard InChI is InChI=1S/C9H7.C8H11.Co/c1-2-5-9-7-3-6-8(9)4-1;1-2-4-6-8-7-5-3-1;/h1-7H;1-2,7H,3-6H2;. The van der Waals surface area contributed by atoms with E-state index in [9.17, 15) is 0 Å². The van der Waals surface area contributed by atoms with E-state index < -0.39 is 0 Å². The molecule has 0 spiro atoms. The first kappa shape index (κ1) is 12.0. The zero-order valence-corrected chi connectivity index (χ0v) is 11.5. The summed E-state index contributed by atoms with van der Waals surface area (Å²) in [7, 11) is 0. The van der Waals surface area contributed by atoms with Crippen molar-refractivity contribution in [3.8, 4) is 0 Å². The first-order chi connectivity index (χ1) is 8.93. The Kier molecular flexibility index (Phi) is 3.82. The number of hydrogen-bond donors (Lipinski definition) is 0. The number of hydrogen-bond acceptors (Lipinski definition) is 0. The molecule has 0 radical (unpaired) electrons. The molecule has 1 atom stereocenters. The van der Waals surface area contributed by atoms with Crippen molar-refractivity contribution >= 4 is 6.08 Å². The fourth-order valence-electron chi connectivity index (χ4n) is 2.38. The van der Waals surface area contributed by atoms with Gasteiger partial charge in [0.05, 0.1) is 0 Å². The van der Waals surface area contributed by atoms with E-state index in [0.717, 1.165) is 0 Å². The Morgan fingerprint density at radius 1 is 1.00 bits per heavy atom. The van der Waals surface area contributed by atoms with Crippen molar-refractivity contribution in [2.75, 3.05) is 0 Å². The zero-order chi connectivity index (χ0) is 12.2. The summed E-state index contributed by atoms with van der Waals surface area (Å²) in [6.45, 7) is 0. The topological polar surface area (TPSA) is 0 Å². The summed E-state index contributed by atoms with van der Waals surface area (Å²) < 4.78 is 1.61. The molecule has 95 valence electrons. The maximum absolute atomic E-state index is 2.46. The molecule has 0 nitrogen and oxygen atoms in total. The fraction of sp³-hybridized carbons (Fsp3) is 0.294. The minimum absolute atomic E-state index is 0.576. The zero-order valence-electron chi connectivity index (χ0n) is 10.4. The molecule has 3 rings (SSSR count). The first-order valence-corrected chi connectivity index (χ1v) is 7.75. The molecule has 0 saturated carbocycles. The molecule has 0 aliphatic heterocycles. The molecule has 2 aliphatic rings. The molecule has 0 aromatic heterocycles. The molecule has 0 amide bonds. The summed E-state index contributed by atoms with van der Waals surface area (Å²) in [5, 5.41) is 0. The molecule has 2 aliphatic carbocycles. The molecule has 1 unspecified atom stereocenters. The van der Waals surface area contributed by atoms with Gasteiger partial charge in [-0.25, -0.2) is 0 Å². The van der Waals surface area contributed by atoms with Gasteiger partial charge in [0.15, 0.2) is 0 Å². The summed E-state index contributed by atoms with van der Waals surface area (Å²) in [6.07, 6.45) is 16.6. The van der Waals surface area contributed by atoms with Crippen LogP contribution in [0.4, 0.5) is 0 Å². The van der Waals surface area contributed by atoms with E-state index >= 15 is 0 Å². The van der Waals surface area contributed by atoms with E-state index in [-0.39, 0.29) is 0 Å². The van der Waals surface area contributed by atoms with E-state index in [0.29, 0.717) is 4.85 Å². The van der Waals surface area contributed by atoms with Gasteiger partial charge >= 0.3 is 116 Å². The van der Waals surface area contributed by atoms with Gasteiger partial charge in [-0.1, -0.05) is 0 Å². The van der Waals surface area contributed by atoms with E-state index in [2.05, 4.69) is 54.6 Å². The van der Waals surface area contributed by atoms with Crippen LogP contribution >= 0.6 is 0 Å². The summed E-state index contributed by atoms with van der Waals surface area (Å²) in [5.41, 5.74) is 2.90. The summed E-state index contributed by atoms with van der Waals surface area (Å²) in [5.74, 6) is 0. The van der Waals surface area contributed by atoms with Crippen molar-refractivity contribution in [1.82, 2.24) is 0 Å². The van der Waals surface area contributed by atoms with Crippen LogP contribution < -0.4 is 0 Å². The minimum atomic E-state index is 0.576. The van der Waals surface area contributed by atoms with Crippen LogP contribution in [-0.4, -0.2) is 0 Å². The molecule has 0 bridgehead atoms. The van der Waals surface area contributed by atoms with Crippen LogP contribution in [-0.2, 0) is 14.7 Å². The second-order valence-corrected chi connectivity index (χ2v) is 6.28. The van der Waals surface area contributed by atoms with Crippen LogP contribution in [0.25, 0.3) is 6.08 Å². The van der Waals surface area contributed by atoms with Crippen molar-refractivity contribution < 1.29 is 14.7 Å². The van der Waals surface area contributed by atoms with Crippen LogP contribution in [0.3, 0.4) is 0 Å². The normalized spacial score (nSPS) is 22.4. The van der Waals surface area contributed by atoms with Gasteiger partial charge in [0.1, 0.15) is 0 Å². The average Bonchev–Trinajstić information content (AvgIpc) is 2.76. The van der Waals surface area contributed by atoms with Gasteiger partial charge in [0.25, 0.3) is 0 Å². The van der Waals surface area contributed by atoms with Gasteiger partial charge in [-0.2, -0.15) is 0 Å². The molecule has 1 aromatic carbocycles. The average molecular weight is 281 g/mol. The second kappa shape index (κ2) is 5.72. The first-order valence-electron chi connectivity index (χ1n) is 6.63. The Bertz CT molecular complexity index is 508. The predicted molar refractivity (Wildman–Crippen MR) is 73.9 cm³/mol. The van der Waals surface area contributed by atoms with Crippen LogP contribution in [0.5, 0.6) is 0 Å². The molecule has 0 N–H and O–H groups in total. The quantitative estimate of drug-likeness (QED) is 0.680. The molecule has 18 heavy (non-hydrogen) atoms. The SMILES string of the molecule is C1=CCC[C]([Co][CH]2C=Cc3ccccc32)=CCC1. The van der Waals surface area contributed by atoms with E-state index in [1.54, 1.807) is 4.51 Å². The predicted octanol–water partition coefficient (Wildman–Crippen LogP) is 4.85. The molecule has 0 fully saturated rings. The van der Waals surface area contributed by atoms with Gasteiger partial charge in [0.2, 0.25) is 0 Å². The second-order valence-electron chi connectivity index (χ2n) is 4.67. The summed E-state index contributed by atoms with van der Waals surface area (Å²) in [4.78, 5) is 0.576. The third-order valence-electron chi connectivity index (χ3n) is 3.34. The number of rotatable bonds is 2. The Hall–Kier alpha value is -1.05. The monoisotopic (exact) mass is 281 g/mol. The third-order valence-corrected chi connectivity index (χ3v) is 5.04. The summed E-state index contributed by atoms with van der Waals surface area (Å²) in [6, 6.07) is 8.77. The van der Waals surface area contributed by atoms with Crippen molar-refractivity contribution in [3.63, 3.8) is 0 Å². The molecular weight excluding hydrogens is 263 g/mol. The van der Waals surface area contributed by atoms with Crippen LogP contribution in [0.1, 0.15) is 41.7 Å². The van der Waals surface area contributed by atoms with E-state index in [4.69, 9.17) is 0 Å². The van der Waals surface area contributed by atoms with Crippen molar-refractivity contribution in [2.45, 2.75) is 30.5 Å². The van der Waals surface area contributed by atoms with Gasteiger partial charge in [-0.05, 0) is 0 Å². The van der Waals surface area contributed by atoms with Gasteiger partial charge in [0, 0.05) is 0 Å². The Morgan fingerprint density at radius 3 is 2.89 bits per heavy atom. The molecule has 0 saturated heterocycles. The molecule has 1 heteroatoms. The van der Waals surface area contributed by atoms with Crippen LogP contribution in [0, 0.1) is 0 Å². The van der Waals surface area contributed by atoms with Gasteiger partial charge in [-0.15, -0.1) is 0 Å². The van der Waals surface area contributed by atoms with Crippen molar-refractivity contribution in [3.05, 3.63) is 64.2 Å². The Morgan fingerprint density at radius 2 is 1.89 bits per heavy atom. The third kappa shape index (κ3) is 2.68. The van der Waals surface area contributed by atoms with Crippen molar-refractivity contribution in [2.24, 2.45) is 0 Å². The van der Waals surface area contributed by atoms with Gasteiger partial charge in [-0.3, -0.25) is 0 Å². The number of fused-ring (bicyclic) bond motifs is 1. The number of allylic oxidation sites excluding steroid dienone is 5. The van der Waals surface area contributed by atoms with Gasteiger partial charge < -0.3 is 0 Å². The molecule has 1 aromatic rings. The fourth-order valence-corrected chi connectivity index (χ4v) is 4.00. The van der Waals surface area contributed by atoms with Crippen molar-refractivity contribution in [1.29, 1.82) is 0 Å². The Labute approximate surface area is 115 Å². The molecular formula is C17H18Co. The number of benzene rings is 1. The summed E-state index contributed by atoms with van der Waals surface area (Å²) >= 11 is 1.52. The molecule has 0 heterocycles. The van der Waals surface area contributed by atoms with Crippen LogP contribution in [0.2, 0.25) is 0 Å². The van der Waals surface area contributed by atoms with E-state index in [1.165, 1.54) is 51.5 Å². The van der Waals surface area contributed by atoms with E-state index in [1.807, 2.05) is 0 Å². The Balaban J connectivity index is 1.72. The maximum atomic E-state index is 2.46.